The van der Waals surface area contributed by atoms with E-state index in [0.717, 1.165) is 12.8 Å². The van der Waals surface area contributed by atoms with E-state index in [-0.39, 0.29) is 0 Å². The lowest BCUT2D eigenvalue weighted by Gasteiger charge is -2.13. The van der Waals surface area contributed by atoms with Crippen molar-refractivity contribution >= 4 is 10.0 Å². The Morgan fingerprint density at radius 3 is 2.20 bits per heavy atom. The number of methoxy groups -OCH3 is 2. The Balaban J connectivity index is 2.82. The molecule has 0 heterocycles. The summed E-state index contributed by atoms with van der Waals surface area (Å²) in [7, 11) is -0.281. The van der Waals surface area contributed by atoms with Crippen molar-refractivity contribution in [1.29, 1.82) is 0 Å². The highest BCUT2D eigenvalue weighted by atomic mass is 32.2. The maximum Gasteiger partial charge on any atom is 0.241 e. The van der Waals surface area contributed by atoms with Crippen LogP contribution in [0.25, 0.3) is 0 Å². The zero-order chi connectivity index (χ0) is 15.2. The van der Waals surface area contributed by atoms with Crippen LogP contribution in [-0.4, -0.2) is 35.8 Å². The van der Waals surface area contributed by atoms with E-state index in [4.69, 9.17) is 9.47 Å². The molecule has 6 heteroatoms. The Morgan fingerprint density at radius 1 is 1.10 bits per heavy atom. The summed E-state index contributed by atoms with van der Waals surface area (Å²) < 4.78 is 37.3. The van der Waals surface area contributed by atoms with Gasteiger partial charge in [0.2, 0.25) is 10.0 Å². The first-order valence-corrected chi connectivity index (χ1v) is 8.04. The molecule has 0 saturated carbocycles. The number of unbranched alkanes of at least 4 members (excludes halogenated alkanes) is 1. The third-order valence-corrected chi connectivity index (χ3v) is 4.77. The van der Waals surface area contributed by atoms with Crippen LogP contribution in [0.1, 0.15) is 24.0 Å². The van der Waals surface area contributed by atoms with Gasteiger partial charge in [0.1, 0.15) is 5.75 Å². The van der Waals surface area contributed by atoms with E-state index in [1.54, 1.807) is 40.2 Å². The molecule has 1 N–H and O–H groups in total. The summed E-state index contributed by atoms with van der Waals surface area (Å²) in [5.74, 6) is 0.666. The van der Waals surface area contributed by atoms with Crippen molar-refractivity contribution in [2.75, 3.05) is 27.4 Å². The minimum atomic E-state index is -3.48. The standard InChI is InChI=1S/C14H23NO4S/c1-11-9-13(19-4)10-12(2)14(11)20(16,17)15-7-5-6-8-18-3/h9-10,15H,5-8H2,1-4H3. The molecule has 0 spiro atoms. The zero-order valence-electron chi connectivity index (χ0n) is 12.5. The second-order valence-corrected chi connectivity index (χ2v) is 6.39. The summed E-state index contributed by atoms with van der Waals surface area (Å²) in [6.07, 6.45) is 1.58. The Bertz CT molecular complexity index is 517. The molecule has 1 aromatic rings. The Morgan fingerprint density at radius 2 is 1.70 bits per heavy atom. The maximum absolute atomic E-state index is 12.3. The minimum absolute atomic E-state index is 0.338. The summed E-state index contributed by atoms with van der Waals surface area (Å²) >= 11 is 0. The largest absolute Gasteiger partial charge is 0.497 e. The fourth-order valence-corrected chi connectivity index (χ4v) is 3.63. The van der Waals surface area contributed by atoms with E-state index in [9.17, 15) is 8.42 Å². The molecule has 1 aromatic carbocycles. The van der Waals surface area contributed by atoms with Gasteiger partial charge in [-0.15, -0.1) is 0 Å². The van der Waals surface area contributed by atoms with Crippen LogP contribution in [0, 0.1) is 13.8 Å². The van der Waals surface area contributed by atoms with Gasteiger partial charge >= 0.3 is 0 Å². The molecule has 5 nitrogen and oxygen atoms in total. The molecule has 1 rings (SSSR count). The van der Waals surface area contributed by atoms with Crippen LogP contribution in [0.4, 0.5) is 0 Å². The Labute approximate surface area is 121 Å². The maximum atomic E-state index is 12.3. The predicted octanol–water partition coefficient (Wildman–Crippen LogP) is 2.02. The molecule has 0 aliphatic carbocycles. The van der Waals surface area contributed by atoms with E-state index < -0.39 is 10.0 Å². The van der Waals surface area contributed by atoms with Crippen LogP contribution >= 0.6 is 0 Å². The lowest BCUT2D eigenvalue weighted by atomic mass is 10.1. The number of nitrogens with one attached hydrogen (secondary N) is 1. The van der Waals surface area contributed by atoms with Crippen molar-refractivity contribution in [2.45, 2.75) is 31.6 Å². The smallest absolute Gasteiger partial charge is 0.241 e. The van der Waals surface area contributed by atoms with Gasteiger partial charge in [-0.1, -0.05) is 0 Å². The summed E-state index contributed by atoms with van der Waals surface area (Å²) in [5, 5.41) is 0. The topological polar surface area (TPSA) is 64.6 Å². The summed E-state index contributed by atoms with van der Waals surface area (Å²) in [4.78, 5) is 0.338. The molecular weight excluding hydrogens is 278 g/mol. The molecule has 0 aliphatic rings. The number of benzene rings is 1. The number of aryl methyl sites for hydroxylation is 2. The van der Waals surface area contributed by atoms with Gasteiger partial charge < -0.3 is 9.47 Å². The molecule has 0 unspecified atom stereocenters. The third kappa shape index (κ3) is 4.47. The van der Waals surface area contributed by atoms with Crippen LogP contribution in [0.3, 0.4) is 0 Å². The molecule has 20 heavy (non-hydrogen) atoms. The first kappa shape index (κ1) is 16.9. The predicted molar refractivity (Wildman–Crippen MR) is 78.8 cm³/mol. The number of hydrogen-bond acceptors (Lipinski definition) is 4. The van der Waals surface area contributed by atoms with Crippen molar-refractivity contribution < 1.29 is 17.9 Å². The molecule has 0 radical (unpaired) electrons. The number of sulfonamides is 1. The second kappa shape index (κ2) is 7.61. The molecule has 0 saturated heterocycles. The van der Waals surface area contributed by atoms with Gasteiger partial charge in [0, 0.05) is 20.3 Å². The van der Waals surface area contributed by atoms with Crippen LogP contribution in [0.2, 0.25) is 0 Å². The third-order valence-electron chi connectivity index (χ3n) is 3.01. The van der Waals surface area contributed by atoms with Gasteiger partial charge in [-0.3, -0.25) is 0 Å². The van der Waals surface area contributed by atoms with Crippen LogP contribution in [0.15, 0.2) is 17.0 Å². The average molecular weight is 301 g/mol. The molecule has 0 aromatic heterocycles. The molecule has 0 fully saturated rings. The molecular formula is C14H23NO4S. The molecule has 0 amide bonds. The van der Waals surface area contributed by atoms with Crippen molar-refractivity contribution in [1.82, 2.24) is 4.72 Å². The Hall–Kier alpha value is -1.11. The van der Waals surface area contributed by atoms with E-state index >= 15 is 0 Å². The lowest BCUT2D eigenvalue weighted by Crippen LogP contribution is -2.26. The quantitative estimate of drug-likeness (QED) is 0.746. The Kier molecular flexibility index (Phi) is 6.45. The number of ether oxygens (including phenoxy) is 2. The number of hydrogen-bond donors (Lipinski definition) is 1. The zero-order valence-corrected chi connectivity index (χ0v) is 13.3. The average Bonchev–Trinajstić information content (AvgIpc) is 2.37. The van der Waals surface area contributed by atoms with Crippen LogP contribution in [-0.2, 0) is 14.8 Å². The van der Waals surface area contributed by atoms with Crippen molar-refractivity contribution in [3.8, 4) is 5.75 Å². The minimum Gasteiger partial charge on any atom is -0.497 e. The monoisotopic (exact) mass is 301 g/mol. The summed E-state index contributed by atoms with van der Waals surface area (Å²) in [5.41, 5.74) is 1.37. The highest BCUT2D eigenvalue weighted by molar-refractivity contribution is 7.89. The van der Waals surface area contributed by atoms with Gasteiger partial charge in [0.25, 0.3) is 0 Å². The first-order valence-electron chi connectivity index (χ1n) is 6.56. The van der Waals surface area contributed by atoms with Gasteiger partial charge in [0.05, 0.1) is 12.0 Å². The number of rotatable bonds is 8. The van der Waals surface area contributed by atoms with E-state index in [0.29, 0.717) is 34.9 Å². The summed E-state index contributed by atoms with van der Waals surface area (Å²) in [6.45, 7) is 4.60. The molecule has 0 atom stereocenters. The lowest BCUT2D eigenvalue weighted by molar-refractivity contribution is 0.193. The van der Waals surface area contributed by atoms with Crippen molar-refractivity contribution in [2.24, 2.45) is 0 Å². The van der Waals surface area contributed by atoms with Crippen LogP contribution < -0.4 is 9.46 Å². The van der Waals surface area contributed by atoms with Gasteiger partial charge in [-0.2, -0.15) is 0 Å². The normalized spacial score (nSPS) is 11.6. The van der Waals surface area contributed by atoms with E-state index in [1.165, 1.54) is 0 Å². The highest BCUT2D eigenvalue weighted by Crippen LogP contribution is 2.25. The first-order chi connectivity index (χ1) is 9.42. The molecule has 0 aliphatic heterocycles. The van der Waals surface area contributed by atoms with E-state index in [1.807, 2.05) is 0 Å². The fourth-order valence-electron chi connectivity index (χ4n) is 2.10. The van der Waals surface area contributed by atoms with Gasteiger partial charge in [0.15, 0.2) is 0 Å². The fraction of sp³-hybridized carbons (Fsp3) is 0.571. The molecule has 0 bridgehead atoms. The second-order valence-electron chi connectivity index (χ2n) is 4.69. The van der Waals surface area contributed by atoms with Crippen molar-refractivity contribution in [3.63, 3.8) is 0 Å². The van der Waals surface area contributed by atoms with Gasteiger partial charge in [-0.05, 0) is 49.9 Å². The summed E-state index contributed by atoms with van der Waals surface area (Å²) in [6, 6.07) is 3.46. The molecule has 114 valence electrons. The highest BCUT2D eigenvalue weighted by Gasteiger charge is 2.19. The van der Waals surface area contributed by atoms with Crippen LogP contribution in [0.5, 0.6) is 5.75 Å². The SMILES string of the molecule is COCCCCNS(=O)(=O)c1c(C)cc(OC)cc1C. The van der Waals surface area contributed by atoms with E-state index in [2.05, 4.69) is 4.72 Å². The van der Waals surface area contributed by atoms with Gasteiger partial charge in [-0.25, -0.2) is 13.1 Å². The van der Waals surface area contributed by atoms with Crippen molar-refractivity contribution in [3.05, 3.63) is 23.3 Å².